The van der Waals surface area contributed by atoms with Crippen LogP contribution in [0.25, 0.3) is 6.08 Å². The van der Waals surface area contributed by atoms with Crippen molar-refractivity contribution in [1.82, 2.24) is 4.57 Å². The van der Waals surface area contributed by atoms with Crippen LogP contribution in [-0.4, -0.2) is 37.5 Å². The van der Waals surface area contributed by atoms with E-state index in [1.54, 1.807) is 18.2 Å². The largest absolute Gasteiger partial charge is 0.490 e. The number of carbonyl (C=O) groups is 1. The molecule has 9 nitrogen and oxygen atoms in total. The molecule has 0 fully saturated rings. The zero-order valence-corrected chi connectivity index (χ0v) is 30.2. The predicted octanol–water partition coefficient (Wildman–Crippen LogP) is 6.16. The molecule has 240 valence electrons. The summed E-state index contributed by atoms with van der Waals surface area (Å²) in [5.41, 5.74) is 2.38. The maximum Gasteiger partial charge on any atom is 0.337 e. The van der Waals surface area contributed by atoms with Crippen molar-refractivity contribution in [2.75, 3.05) is 26.9 Å². The number of aromatic nitrogens is 1. The Labute approximate surface area is 292 Å². The number of nitrogens with zero attached hydrogens (tertiary/aromatic N) is 2. The van der Waals surface area contributed by atoms with Crippen molar-refractivity contribution >= 4 is 61.9 Å². The van der Waals surface area contributed by atoms with Crippen molar-refractivity contribution < 1.29 is 28.5 Å². The molecule has 1 aliphatic heterocycles. The van der Waals surface area contributed by atoms with Crippen molar-refractivity contribution in [3.8, 4) is 23.0 Å². The van der Waals surface area contributed by atoms with E-state index in [0.29, 0.717) is 64.3 Å². The fraction of sp³-hybridized carbons (Fsp3) is 0.265. The summed E-state index contributed by atoms with van der Waals surface area (Å²) in [4.78, 5) is 31.9. The summed E-state index contributed by atoms with van der Waals surface area (Å²) >= 11 is 6.92. The highest BCUT2D eigenvalue weighted by Gasteiger charge is 2.31. The number of halogens is 2. The van der Waals surface area contributed by atoms with Crippen LogP contribution in [0.5, 0.6) is 23.0 Å². The number of esters is 1. The number of carbonyl (C=O) groups excluding carboxylic acids is 1. The molecule has 0 spiro atoms. The molecule has 0 radical (unpaired) electrons. The van der Waals surface area contributed by atoms with Gasteiger partial charge in [0, 0.05) is 10.7 Å². The monoisotopic (exact) mass is 818 g/mol. The fourth-order valence-corrected chi connectivity index (χ4v) is 6.96. The van der Waals surface area contributed by atoms with Crippen molar-refractivity contribution in [2.24, 2.45) is 4.99 Å². The minimum absolute atomic E-state index is 0.230. The third kappa shape index (κ3) is 7.34. The second-order valence-corrected chi connectivity index (χ2v) is 13.0. The SMILES string of the molecule is CCOc1ccc([C@H]2C(C(=O)OC)=CN=c3s/c(=C\c4cc(I)c(OCc5ccc(Br)cc5)c(OCC)c4)c(=O)n32)cc1OCC. The lowest BCUT2D eigenvalue weighted by Gasteiger charge is -2.23. The van der Waals surface area contributed by atoms with Gasteiger partial charge in [-0.25, -0.2) is 9.79 Å². The van der Waals surface area contributed by atoms with E-state index in [1.807, 2.05) is 63.2 Å². The van der Waals surface area contributed by atoms with Crippen LogP contribution in [0.3, 0.4) is 0 Å². The first-order chi connectivity index (χ1) is 22.3. The number of methoxy groups -OCH3 is 1. The Bertz CT molecular complexity index is 1950. The van der Waals surface area contributed by atoms with Crippen LogP contribution >= 0.6 is 49.9 Å². The summed E-state index contributed by atoms with van der Waals surface area (Å²) in [7, 11) is 1.30. The smallest absolute Gasteiger partial charge is 0.337 e. The molecule has 2 heterocycles. The number of thiazole rings is 1. The van der Waals surface area contributed by atoms with E-state index in [-0.39, 0.29) is 11.1 Å². The molecule has 0 saturated carbocycles. The number of rotatable bonds is 12. The first kappa shape index (κ1) is 33.7. The number of hydrogen-bond donors (Lipinski definition) is 0. The van der Waals surface area contributed by atoms with Crippen LogP contribution in [0.1, 0.15) is 43.5 Å². The van der Waals surface area contributed by atoms with Crippen molar-refractivity contribution in [3.63, 3.8) is 0 Å². The molecule has 0 bridgehead atoms. The van der Waals surface area contributed by atoms with Gasteiger partial charge in [0.25, 0.3) is 5.56 Å². The van der Waals surface area contributed by atoms with E-state index in [2.05, 4.69) is 43.5 Å². The first-order valence-corrected chi connectivity index (χ1v) is 17.3. The van der Waals surface area contributed by atoms with E-state index >= 15 is 0 Å². The molecule has 5 rings (SSSR count). The number of benzene rings is 3. The van der Waals surface area contributed by atoms with Gasteiger partial charge in [0.15, 0.2) is 27.8 Å². The third-order valence-corrected chi connectivity index (χ3v) is 9.26. The molecular formula is C34H32BrIN2O7S. The molecule has 4 aromatic rings. The van der Waals surface area contributed by atoms with Crippen LogP contribution in [-0.2, 0) is 16.1 Å². The van der Waals surface area contributed by atoms with E-state index in [1.165, 1.54) is 29.2 Å². The number of ether oxygens (including phenoxy) is 5. The first-order valence-electron chi connectivity index (χ1n) is 14.6. The zero-order chi connectivity index (χ0) is 32.8. The Morgan fingerprint density at radius 2 is 1.65 bits per heavy atom. The van der Waals surface area contributed by atoms with Gasteiger partial charge in [-0.3, -0.25) is 9.36 Å². The summed E-state index contributed by atoms with van der Waals surface area (Å²) in [6.45, 7) is 7.38. The maximum atomic E-state index is 14.1. The fourth-order valence-electron chi connectivity index (χ4n) is 4.95. The Hall–Kier alpha value is -3.62. The predicted molar refractivity (Wildman–Crippen MR) is 189 cm³/mol. The molecule has 0 unspecified atom stereocenters. The van der Waals surface area contributed by atoms with Crippen LogP contribution in [0.4, 0.5) is 0 Å². The number of hydrogen-bond acceptors (Lipinski definition) is 9. The van der Waals surface area contributed by atoms with Crippen LogP contribution in [0, 0.1) is 3.57 Å². The Balaban J connectivity index is 1.57. The summed E-state index contributed by atoms with van der Waals surface area (Å²) in [6, 6.07) is 16.3. The Morgan fingerprint density at radius 1 is 0.957 bits per heavy atom. The highest BCUT2D eigenvalue weighted by molar-refractivity contribution is 14.1. The quantitative estimate of drug-likeness (QED) is 0.125. The standard InChI is InChI=1S/C34H32BrIN2O7S/c1-5-42-26-13-10-22(17-27(26)43-6-2)30-24(33(40)41-4)18-37-34-38(30)32(39)29(46-34)16-21-14-25(36)31(28(15-21)44-7-3)45-19-20-8-11-23(35)12-9-20/h8-18,30H,5-7,19H2,1-4H3/b29-16-/t30-/m0/s1. The van der Waals surface area contributed by atoms with Gasteiger partial charge in [-0.1, -0.05) is 45.5 Å². The van der Waals surface area contributed by atoms with Gasteiger partial charge in [0.05, 0.1) is 46.6 Å². The topological polar surface area (TPSA) is 97.6 Å². The maximum absolute atomic E-state index is 14.1. The molecule has 1 aromatic heterocycles. The van der Waals surface area contributed by atoms with Gasteiger partial charge in [0.2, 0.25) is 0 Å². The van der Waals surface area contributed by atoms with E-state index in [0.717, 1.165) is 19.2 Å². The minimum atomic E-state index is -0.783. The van der Waals surface area contributed by atoms with Gasteiger partial charge < -0.3 is 23.7 Å². The average Bonchev–Trinajstić information content (AvgIpc) is 3.36. The highest BCUT2D eigenvalue weighted by atomic mass is 127. The lowest BCUT2D eigenvalue weighted by Crippen LogP contribution is -2.39. The Morgan fingerprint density at radius 3 is 2.35 bits per heavy atom. The molecule has 0 amide bonds. The summed E-state index contributed by atoms with van der Waals surface area (Å²) in [6.07, 6.45) is 3.27. The van der Waals surface area contributed by atoms with Gasteiger partial charge >= 0.3 is 5.97 Å². The lowest BCUT2D eigenvalue weighted by molar-refractivity contribution is -0.136. The second kappa shape index (κ2) is 15.3. The van der Waals surface area contributed by atoms with Gasteiger partial charge in [-0.2, -0.15) is 0 Å². The molecule has 1 atom stereocenters. The van der Waals surface area contributed by atoms with E-state index in [9.17, 15) is 9.59 Å². The normalized spacial score (nSPS) is 14.2. The van der Waals surface area contributed by atoms with Crippen molar-refractivity contribution in [3.05, 3.63) is 111 Å². The lowest BCUT2D eigenvalue weighted by atomic mass is 9.97. The summed E-state index contributed by atoms with van der Waals surface area (Å²) in [5, 5.41) is 0. The summed E-state index contributed by atoms with van der Waals surface area (Å²) < 4.78 is 32.6. The highest BCUT2D eigenvalue weighted by Crippen LogP contribution is 2.36. The van der Waals surface area contributed by atoms with Crippen LogP contribution in [0.2, 0.25) is 0 Å². The second-order valence-electron chi connectivity index (χ2n) is 9.93. The molecule has 0 aliphatic carbocycles. The van der Waals surface area contributed by atoms with E-state index in [4.69, 9.17) is 23.7 Å². The Kier molecular flexibility index (Phi) is 11.2. The molecule has 46 heavy (non-hydrogen) atoms. The van der Waals surface area contributed by atoms with Crippen molar-refractivity contribution in [1.29, 1.82) is 0 Å². The molecule has 0 N–H and O–H groups in total. The van der Waals surface area contributed by atoms with Gasteiger partial charge in [0.1, 0.15) is 6.61 Å². The van der Waals surface area contributed by atoms with Gasteiger partial charge in [-0.05, 0) is 103 Å². The molecule has 1 aliphatic rings. The zero-order valence-electron chi connectivity index (χ0n) is 25.7. The van der Waals surface area contributed by atoms with Crippen molar-refractivity contribution in [2.45, 2.75) is 33.4 Å². The summed E-state index contributed by atoms with van der Waals surface area (Å²) in [5.74, 6) is 1.73. The number of fused-ring (bicyclic) bond motifs is 1. The molecular weight excluding hydrogens is 787 g/mol. The average molecular weight is 820 g/mol. The molecule has 12 heteroatoms. The minimum Gasteiger partial charge on any atom is -0.490 e. The van der Waals surface area contributed by atoms with Crippen LogP contribution < -0.4 is 33.8 Å². The van der Waals surface area contributed by atoms with Crippen LogP contribution in [0.15, 0.2) is 80.6 Å². The molecule has 3 aromatic carbocycles. The molecule has 0 saturated heterocycles. The van der Waals surface area contributed by atoms with E-state index < -0.39 is 12.0 Å². The van der Waals surface area contributed by atoms with Gasteiger partial charge in [-0.15, -0.1) is 0 Å². The third-order valence-electron chi connectivity index (χ3n) is 6.93.